The minimum absolute atomic E-state index is 0.0222. The van der Waals surface area contributed by atoms with Gasteiger partial charge < -0.3 is 16.4 Å². The first-order valence-corrected chi connectivity index (χ1v) is 5.62. The largest absolute Gasteiger partial charge is 0.382 e. The molecule has 1 aromatic rings. The SMILES string of the molecule is CCNC(=O)CCNc1snc(N)c1C#N. The summed E-state index contributed by atoms with van der Waals surface area (Å²) in [5.41, 5.74) is 5.84. The maximum absolute atomic E-state index is 11.1. The third-order valence-electron chi connectivity index (χ3n) is 1.84. The first-order chi connectivity index (χ1) is 7.69. The van der Waals surface area contributed by atoms with Gasteiger partial charge >= 0.3 is 0 Å². The second kappa shape index (κ2) is 5.92. The van der Waals surface area contributed by atoms with Crippen LogP contribution in [0.2, 0.25) is 0 Å². The second-order valence-electron chi connectivity index (χ2n) is 3.01. The molecule has 1 rings (SSSR count). The van der Waals surface area contributed by atoms with Crippen LogP contribution in [-0.2, 0) is 4.79 Å². The van der Waals surface area contributed by atoms with Crippen molar-refractivity contribution in [2.45, 2.75) is 13.3 Å². The number of nitrogens with two attached hydrogens (primary N) is 1. The monoisotopic (exact) mass is 239 g/mol. The molecule has 0 aliphatic rings. The van der Waals surface area contributed by atoms with Crippen molar-refractivity contribution in [2.75, 3.05) is 24.1 Å². The van der Waals surface area contributed by atoms with E-state index in [1.807, 2.05) is 13.0 Å². The summed E-state index contributed by atoms with van der Waals surface area (Å²) in [6.45, 7) is 2.95. The van der Waals surface area contributed by atoms with E-state index in [0.29, 0.717) is 30.1 Å². The number of hydrogen-bond donors (Lipinski definition) is 3. The number of nitrogens with zero attached hydrogens (tertiary/aromatic N) is 2. The van der Waals surface area contributed by atoms with Crippen molar-refractivity contribution in [2.24, 2.45) is 0 Å². The van der Waals surface area contributed by atoms with Crippen LogP contribution in [0.4, 0.5) is 10.8 Å². The molecule has 0 aliphatic heterocycles. The van der Waals surface area contributed by atoms with Crippen LogP contribution in [0.5, 0.6) is 0 Å². The van der Waals surface area contributed by atoms with Gasteiger partial charge in [-0.3, -0.25) is 4.79 Å². The van der Waals surface area contributed by atoms with Crippen LogP contribution < -0.4 is 16.4 Å². The van der Waals surface area contributed by atoms with E-state index in [-0.39, 0.29) is 11.7 Å². The molecular formula is C9H13N5OS. The van der Waals surface area contributed by atoms with Crippen LogP contribution in [0.1, 0.15) is 18.9 Å². The lowest BCUT2D eigenvalue weighted by Crippen LogP contribution is -2.24. The van der Waals surface area contributed by atoms with Gasteiger partial charge in [0.2, 0.25) is 5.91 Å². The highest BCUT2D eigenvalue weighted by atomic mass is 32.1. The molecule has 6 nitrogen and oxygen atoms in total. The van der Waals surface area contributed by atoms with Gasteiger partial charge in [-0.25, -0.2) is 0 Å². The van der Waals surface area contributed by atoms with Gasteiger partial charge in [-0.2, -0.15) is 9.64 Å². The molecule has 16 heavy (non-hydrogen) atoms. The summed E-state index contributed by atoms with van der Waals surface area (Å²) in [6.07, 6.45) is 0.358. The summed E-state index contributed by atoms with van der Waals surface area (Å²) in [7, 11) is 0. The van der Waals surface area contributed by atoms with Gasteiger partial charge in [0, 0.05) is 19.5 Å². The topological polar surface area (TPSA) is 104 Å². The Bertz CT molecular complexity index is 409. The third-order valence-corrected chi connectivity index (χ3v) is 2.66. The van der Waals surface area contributed by atoms with E-state index in [0.717, 1.165) is 11.5 Å². The molecular weight excluding hydrogens is 226 g/mol. The quantitative estimate of drug-likeness (QED) is 0.695. The van der Waals surface area contributed by atoms with Crippen molar-refractivity contribution in [3.8, 4) is 6.07 Å². The van der Waals surface area contributed by atoms with Crippen LogP contribution in [0.25, 0.3) is 0 Å². The van der Waals surface area contributed by atoms with Gasteiger partial charge in [-0.05, 0) is 18.5 Å². The Morgan fingerprint density at radius 3 is 3.06 bits per heavy atom. The molecule has 0 bridgehead atoms. The van der Waals surface area contributed by atoms with Gasteiger partial charge in [0.05, 0.1) is 0 Å². The highest BCUT2D eigenvalue weighted by molar-refractivity contribution is 7.10. The van der Waals surface area contributed by atoms with Crippen molar-refractivity contribution >= 4 is 28.3 Å². The lowest BCUT2D eigenvalue weighted by molar-refractivity contribution is -0.120. The van der Waals surface area contributed by atoms with Crippen molar-refractivity contribution in [1.29, 1.82) is 5.26 Å². The fourth-order valence-corrected chi connectivity index (χ4v) is 1.80. The van der Waals surface area contributed by atoms with Crippen molar-refractivity contribution in [3.63, 3.8) is 0 Å². The van der Waals surface area contributed by atoms with Crippen molar-refractivity contribution in [1.82, 2.24) is 9.69 Å². The van der Waals surface area contributed by atoms with Crippen molar-refractivity contribution in [3.05, 3.63) is 5.56 Å². The summed E-state index contributed by atoms with van der Waals surface area (Å²) < 4.78 is 3.86. The van der Waals surface area contributed by atoms with Crippen molar-refractivity contribution < 1.29 is 4.79 Å². The molecule has 1 amide bonds. The van der Waals surface area contributed by atoms with E-state index in [1.54, 1.807) is 0 Å². The highest BCUT2D eigenvalue weighted by Crippen LogP contribution is 2.25. The molecule has 0 saturated carbocycles. The van der Waals surface area contributed by atoms with Gasteiger partial charge in [0.1, 0.15) is 16.6 Å². The Kier molecular flexibility index (Phi) is 4.54. The predicted octanol–water partition coefficient (Wildman–Crippen LogP) is 0.535. The molecule has 1 aromatic heterocycles. The first-order valence-electron chi connectivity index (χ1n) is 4.84. The number of carbonyl (C=O) groups excluding carboxylic acids is 1. The average molecular weight is 239 g/mol. The molecule has 0 spiro atoms. The molecule has 7 heteroatoms. The molecule has 0 atom stereocenters. The van der Waals surface area contributed by atoms with Crippen LogP contribution in [-0.4, -0.2) is 23.4 Å². The van der Waals surface area contributed by atoms with E-state index in [2.05, 4.69) is 15.0 Å². The lowest BCUT2D eigenvalue weighted by atomic mass is 10.3. The minimum Gasteiger partial charge on any atom is -0.382 e. The maximum atomic E-state index is 11.1. The number of nitriles is 1. The molecule has 86 valence electrons. The molecule has 0 radical (unpaired) electrons. The van der Waals surface area contributed by atoms with E-state index in [1.165, 1.54) is 0 Å². The summed E-state index contributed by atoms with van der Waals surface area (Å²) >= 11 is 1.13. The number of amides is 1. The van der Waals surface area contributed by atoms with Gasteiger partial charge in [0.15, 0.2) is 5.82 Å². The van der Waals surface area contributed by atoms with E-state index >= 15 is 0 Å². The number of anilines is 2. The number of carbonyl (C=O) groups is 1. The number of nitrogens with one attached hydrogen (secondary N) is 2. The number of nitrogen functional groups attached to an aromatic ring is 1. The molecule has 0 saturated heterocycles. The minimum atomic E-state index is -0.0222. The molecule has 0 fully saturated rings. The lowest BCUT2D eigenvalue weighted by Gasteiger charge is -2.03. The highest BCUT2D eigenvalue weighted by Gasteiger charge is 2.10. The first kappa shape index (κ1) is 12.3. The van der Waals surface area contributed by atoms with E-state index in [9.17, 15) is 4.79 Å². The summed E-state index contributed by atoms with van der Waals surface area (Å²) in [5.74, 6) is 0.207. The molecule has 0 aromatic carbocycles. The van der Waals surface area contributed by atoms with Crippen LogP contribution >= 0.6 is 11.5 Å². The number of aromatic nitrogens is 1. The predicted molar refractivity (Wildman–Crippen MR) is 63.0 cm³/mol. The zero-order chi connectivity index (χ0) is 12.0. The third kappa shape index (κ3) is 3.10. The Balaban J connectivity index is 2.44. The standard InChI is InChI=1S/C9H13N5OS/c1-2-12-7(15)3-4-13-9-6(5-10)8(11)14-16-9/h13H,2-4H2,1H3,(H2,11,14)(H,12,15). The van der Waals surface area contributed by atoms with E-state index < -0.39 is 0 Å². The summed E-state index contributed by atoms with van der Waals surface area (Å²) in [4.78, 5) is 11.1. The Labute approximate surface area is 97.6 Å². The van der Waals surface area contributed by atoms with Gasteiger partial charge in [-0.15, -0.1) is 0 Å². The molecule has 0 aliphatic carbocycles. The maximum Gasteiger partial charge on any atom is 0.221 e. The summed E-state index contributed by atoms with van der Waals surface area (Å²) in [6, 6.07) is 1.97. The number of rotatable bonds is 5. The zero-order valence-electron chi connectivity index (χ0n) is 8.91. The van der Waals surface area contributed by atoms with Crippen LogP contribution in [0.15, 0.2) is 0 Å². The summed E-state index contributed by atoms with van der Waals surface area (Å²) in [5, 5.41) is 15.1. The fraction of sp³-hybridized carbons (Fsp3) is 0.444. The average Bonchev–Trinajstić information content (AvgIpc) is 2.60. The Hall–Kier alpha value is -1.81. The van der Waals surface area contributed by atoms with Crippen LogP contribution in [0.3, 0.4) is 0 Å². The Morgan fingerprint density at radius 2 is 2.44 bits per heavy atom. The molecule has 4 N–H and O–H groups in total. The zero-order valence-corrected chi connectivity index (χ0v) is 9.73. The smallest absolute Gasteiger partial charge is 0.221 e. The fourth-order valence-electron chi connectivity index (χ4n) is 1.11. The molecule has 1 heterocycles. The van der Waals surface area contributed by atoms with Gasteiger partial charge in [0.25, 0.3) is 0 Å². The normalized spacial score (nSPS) is 9.50. The number of hydrogen-bond acceptors (Lipinski definition) is 6. The molecule has 0 unspecified atom stereocenters. The van der Waals surface area contributed by atoms with E-state index in [4.69, 9.17) is 11.0 Å². The van der Waals surface area contributed by atoms with Crippen LogP contribution in [0, 0.1) is 11.3 Å². The van der Waals surface area contributed by atoms with Gasteiger partial charge in [-0.1, -0.05) is 0 Å². The Morgan fingerprint density at radius 1 is 1.69 bits per heavy atom. The second-order valence-corrected chi connectivity index (χ2v) is 3.79.